The first-order valence-electron chi connectivity index (χ1n) is 6.68. The molecule has 0 spiro atoms. The molecule has 1 heterocycles. The Morgan fingerprint density at radius 1 is 1.09 bits per heavy atom. The second-order valence-corrected chi connectivity index (χ2v) is 4.71. The van der Waals surface area contributed by atoms with Crippen molar-refractivity contribution in [3.05, 3.63) is 60.0 Å². The summed E-state index contributed by atoms with van der Waals surface area (Å²) in [5, 5.41) is 0.705. The van der Waals surface area contributed by atoms with Gasteiger partial charge in [-0.15, -0.1) is 0 Å². The second kappa shape index (κ2) is 5.52. The van der Waals surface area contributed by atoms with E-state index in [1.54, 1.807) is 47.2 Å². The van der Waals surface area contributed by atoms with E-state index in [1.807, 2.05) is 6.07 Å². The summed E-state index contributed by atoms with van der Waals surface area (Å²) in [6, 6.07) is 11.9. The Morgan fingerprint density at radius 3 is 2.59 bits per heavy atom. The quantitative estimate of drug-likeness (QED) is 0.694. The van der Waals surface area contributed by atoms with E-state index in [0.717, 1.165) is 5.52 Å². The molecule has 22 heavy (non-hydrogen) atoms. The maximum atomic E-state index is 14.5. The molecule has 0 saturated heterocycles. The maximum Gasteiger partial charge on any atom is 0.338 e. The predicted octanol–water partition coefficient (Wildman–Crippen LogP) is 3.56. The lowest BCUT2D eigenvalue weighted by atomic mass is 10.1. The molecule has 0 N–H and O–H groups in total. The Hall–Kier alpha value is -2.82. The molecular formula is C17H14FNO3. The van der Waals surface area contributed by atoms with Crippen LogP contribution in [0.5, 0.6) is 5.75 Å². The number of rotatable bonds is 3. The molecule has 0 atom stereocenters. The summed E-state index contributed by atoms with van der Waals surface area (Å²) >= 11 is 0. The molecule has 0 aliphatic carbocycles. The van der Waals surface area contributed by atoms with E-state index in [2.05, 4.69) is 0 Å². The number of carbonyl (C=O) groups is 1. The largest absolute Gasteiger partial charge is 0.494 e. The van der Waals surface area contributed by atoms with Crippen molar-refractivity contribution in [3.8, 4) is 11.4 Å². The number of halogens is 1. The fourth-order valence-corrected chi connectivity index (χ4v) is 2.51. The van der Waals surface area contributed by atoms with Crippen molar-refractivity contribution in [2.75, 3.05) is 14.2 Å². The number of hydrogen-bond donors (Lipinski definition) is 0. The number of fused-ring (bicyclic) bond motifs is 1. The number of carbonyl (C=O) groups excluding carboxylic acids is 1. The van der Waals surface area contributed by atoms with Gasteiger partial charge in [0, 0.05) is 11.6 Å². The SMILES string of the molecule is COC(=O)c1cccc2c1ccn2-c1cccc(OC)c1F. The Bertz CT molecular complexity index is 854. The summed E-state index contributed by atoms with van der Waals surface area (Å²) in [6.45, 7) is 0. The highest BCUT2D eigenvalue weighted by molar-refractivity contribution is 6.04. The lowest BCUT2D eigenvalue weighted by Gasteiger charge is -2.10. The number of nitrogens with zero attached hydrogens (tertiary/aromatic N) is 1. The van der Waals surface area contributed by atoms with Crippen molar-refractivity contribution in [1.29, 1.82) is 0 Å². The maximum absolute atomic E-state index is 14.5. The zero-order valence-electron chi connectivity index (χ0n) is 12.2. The second-order valence-electron chi connectivity index (χ2n) is 4.71. The van der Waals surface area contributed by atoms with E-state index in [1.165, 1.54) is 14.2 Å². The molecule has 0 radical (unpaired) electrons. The summed E-state index contributed by atoms with van der Waals surface area (Å²) in [6.07, 6.45) is 1.72. The molecule has 3 rings (SSSR count). The topological polar surface area (TPSA) is 40.5 Å². The van der Waals surface area contributed by atoms with Gasteiger partial charge in [0.05, 0.1) is 31.0 Å². The van der Waals surface area contributed by atoms with Crippen LogP contribution in [0, 0.1) is 5.82 Å². The molecule has 0 aliphatic rings. The van der Waals surface area contributed by atoms with Crippen molar-refractivity contribution in [2.45, 2.75) is 0 Å². The van der Waals surface area contributed by atoms with Crippen molar-refractivity contribution in [1.82, 2.24) is 4.57 Å². The Morgan fingerprint density at radius 2 is 1.86 bits per heavy atom. The zero-order chi connectivity index (χ0) is 15.7. The molecule has 5 heteroatoms. The van der Waals surface area contributed by atoms with E-state index in [-0.39, 0.29) is 5.75 Å². The normalized spacial score (nSPS) is 10.7. The molecule has 3 aromatic rings. The van der Waals surface area contributed by atoms with Crippen molar-refractivity contribution in [2.24, 2.45) is 0 Å². The molecule has 0 unspecified atom stereocenters. The molecule has 0 bridgehead atoms. The van der Waals surface area contributed by atoms with Crippen molar-refractivity contribution in [3.63, 3.8) is 0 Å². The van der Waals surface area contributed by atoms with Gasteiger partial charge in [-0.2, -0.15) is 0 Å². The van der Waals surface area contributed by atoms with Gasteiger partial charge in [0.25, 0.3) is 0 Å². The number of esters is 1. The molecule has 112 valence electrons. The van der Waals surface area contributed by atoms with E-state index >= 15 is 0 Å². The summed E-state index contributed by atoms with van der Waals surface area (Å²) in [5.41, 5.74) is 1.52. The van der Waals surface area contributed by atoms with Crippen LogP contribution in [0.3, 0.4) is 0 Å². The number of aromatic nitrogens is 1. The molecular weight excluding hydrogens is 285 g/mol. The van der Waals surface area contributed by atoms with Crippen LogP contribution in [-0.2, 0) is 4.74 Å². The van der Waals surface area contributed by atoms with Gasteiger partial charge in [-0.3, -0.25) is 0 Å². The van der Waals surface area contributed by atoms with Gasteiger partial charge in [0.2, 0.25) is 0 Å². The highest BCUT2D eigenvalue weighted by Crippen LogP contribution is 2.28. The van der Waals surface area contributed by atoms with Gasteiger partial charge in [0.1, 0.15) is 0 Å². The fraction of sp³-hybridized carbons (Fsp3) is 0.118. The van der Waals surface area contributed by atoms with Crippen molar-refractivity contribution < 1.29 is 18.7 Å². The van der Waals surface area contributed by atoms with Gasteiger partial charge in [-0.05, 0) is 30.3 Å². The van der Waals surface area contributed by atoms with Gasteiger partial charge < -0.3 is 14.0 Å². The van der Waals surface area contributed by atoms with Crippen LogP contribution in [0.1, 0.15) is 10.4 Å². The average Bonchev–Trinajstić information content (AvgIpc) is 2.98. The van der Waals surface area contributed by atoms with E-state index in [4.69, 9.17) is 9.47 Å². The summed E-state index contributed by atoms with van der Waals surface area (Å²) < 4.78 is 25.9. The summed E-state index contributed by atoms with van der Waals surface area (Å²) in [5.74, 6) is -0.705. The Kier molecular flexibility index (Phi) is 3.55. The van der Waals surface area contributed by atoms with E-state index in [9.17, 15) is 9.18 Å². The molecule has 0 aliphatic heterocycles. The third-order valence-electron chi connectivity index (χ3n) is 3.56. The van der Waals surface area contributed by atoms with Crippen LogP contribution < -0.4 is 4.74 Å². The molecule has 2 aromatic carbocycles. The number of methoxy groups -OCH3 is 2. The number of ether oxygens (including phenoxy) is 2. The van der Waals surface area contributed by atoms with Crippen LogP contribution in [0.4, 0.5) is 4.39 Å². The lowest BCUT2D eigenvalue weighted by molar-refractivity contribution is 0.0603. The van der Waals surface area contributed by atoms with Crippen LogP contribution in [0.15, 0.2) is 48.7 Å². The van der Waals surface area contributed by atoms with Gasteiger partial charge >= 0.3 is 5.97 Å². The fourth-order valence-electron chi connectivity index (χ4n) is 2.51. The van der Waals surface area contributed by atoms with E-state index < -0.39 is 11.8 Å². The molecule has 4 nitrogen and oxygen atoms in total. The smallest absolute Gasteiger partial charge is 0.338 e. The van der Waals surface area contributed by atoms with Gasteiger partial charge in [-0.25, -0.2) is 9.18 Å². The minimum Gasteiger partial charge on any atom is -0.494 e. The highest BCUT2D eigenvalue weighted by Gasteiger charge is 2.16. The average molecular weight is 299 g/mol. The molecule has 0 saturated carbocycles. The van der Waals surface area contributed by atoms with Crippen molar-refractivity contribution >= 4 is 16.9 Å². The highest BCUT2D eigenvalue weighted by atomic mass is 19.1. The minimum absolute atomic E-state index is 0.170. The first-order chi connectivity index (χ1) is 10.7. The third kappa shape index (κ3) is 2.11. The summed E-state index contributed by atoms with van der Waals surface area (Å²) in [7, 11) is 2.76. The number of hydrogen-bond acceptors (Lipinski definition) is 3. The minimum atomic E-state index is -0.453. The van der Waals surface area contributed by atoms with Gasteiger partial charge in [-0.1, -0.05) is 12.1 Å². The standard InChI is InChI=1S/C17H14FNO3/c1-21-15-8-4-7-14(16(15)18)19-10-9-11-12(17(20)22-2)5-3-6-13(11)19/h3-10H,1-2H3. The van der Waals surface area contributed by atoms with Crippen LogP contribution in [0.2, 0.25) is 0 Å². The molecule has 0 amide bonds. The lowest BCUT2D eigenvalue weighted by Crippen LogP contribution is -2.02. The Labute approximate surface area is 126 Å². The first-order valence-corrected chi connectivity index (χ1v) is 6.68. The van der Waals surface area contributed by atoms with Crippen LogP contribution in [0.25, 0.3) is 16.6 Å². The van der Waals surface area contributed by atoms with Gasteiger partial charge in [0.15, 0.2) is 11.6 Å². The Balaban J connectivity index is 2.24. The number of benzene rings is 2. The monoisotopic (exact) mass is 299 g/mol. The van der Waals surface area contributed by atoms with Crippen LogP contribution >= 0.6 is 0 Å². The third-order valence-corrected chi connectivity index (χ3v) is 3.56. The molecule has 1 aromatic heterocycles. The van der Waals surface area contributed by atoms with Crippen LogP contribution in [-0.4, -0.2) is 24.8 Å². The molecule has 0 fully saturated rings. The van der Waals surface area contributed by atoms with E-state index in [0.29, 0.717) is 16.6 Å². The predicted molar refractivity (Wildman–Crippen MR) is 81.1 cm³/mol. The zero-order valence-corrected chi connectivity index (χ0v) is 12.2. The first kappa shape index (κ1) is 14.1. The summed E-state index contributed by atoms with van der Waals surface area (Å²) in [4.78, 5) is 11.8.